The minimum absolute atomic E-state index is 0.0389. The van der Waals surface area contributed by atoms with Crippen LogP contribution in [0.25, 0.3) is 0 Å². The second-order valence-electron chi connectivity index (χ2n) is 4.14. The van der Waals surface area contributed by atoms with Crippen LogP contribution in [-0.2, 0) is 0 Å². The molecule has 0 spiro atoms. The van der Waals surface area contributed by atoms with Crippen LogP contribution in [-0.4, -0.2) is 16.3 Å². The van der Waals surface area contributed by atoms with Crippen molar-refractivity contribution >= 4 is 0 Å². The van der Waals surface area contributed by atoms with Crippen LogP contribution < -0.4 is 5.32 Å². The van der Waals surface area contributed by atoms with Gasteiger partial charge in [-0.3, -0.25) is 0 Å². The topological polar surface area (TPSA) is 52.5 Å². The maximum absolute atomic E-state index is 9.71. The third-order valence-corrected chi connectivity index (χ3v) is 2.95. The van der Waals surface area contributed by atoms with Crippen LogP contribution >= 0.6 is 0 Å². The van der Waals surface area contributed by atoms with Crippen molar-refractivity contribution in [2.24, 2.45) is 0 Å². The van der Waals surface area contributed by atoms with E-state index in [0.29, 0.717) is 6.04 Å². The number of aromatic hydroxyl groups is 2. The molecular formula is C13H21NO2. The lowest BCUT2D eigenvalue weighted by atomic mass is 10.0. The van der Waals surface area contributed by atoms with Gasteiger partial charge in [0.2, 0.25) is 0 Å². The minimum Gasteiger partial charge on any atom is -0.508 e. The molecule has 0 aliphatic carbocycles. The fraction of sp³-hybridized carbons (Fsp3) is 0.538. The number of hydrogen-bond donors (Lipinski definition) is 3. The molecule has 0 aliphatic rings. The van der Waals surface area contributed by atoms with E-state index in [2.05, 4.69) is 19.2 Å². The van der Waals surface area contributed by atoms with Crippen LogP contribution in [0.15, 0.2) is 18.2 Å². The Morgan fingerprint density at radius 3 is 2.38 bits per heavy atom. The molecule has 0 saturated heterocycles. The summed E-state index contributed by atoms with van der Waals surface area (Å²) in [7, 11) is 0. The van der Waals surface area contributed by atoms with E-state index in [1.54, 1.807) is 6.07 Å². The zero-order chi connectivity index (χ0) is 12.1. The van der Waals surface area contributed by atoms with Gasteiger partial charge in [-0.15, -0.1) is 0 Å². The van der Waals surface area contributed by atoms with Crippen LogP contribution in [0.1, 0.15) is 45.2 Å². The molecule has 0 radical (unpaired) electrons. The van der Waals surface area contributed by atoms with Crippen molar-refractivity contribution in [1.82, 2.24) is 5.32 Å². The second-order valence-corrected chi connectivity index (χ2v) is 4.14. The van der Waals surface area contributed by atoms with Crippen LogP contribution in [0, 0.1) is 0 Å². The van der Waals surface area contributed by atoms with E-state index in [0.717, 1.165) is 18.4 Å². The monoisotopic (exact) mass is 223 g/mol. The zero-order valence-electron chi connectivity index (χ0n) is 10.2. The summed E-state index contributed by atoms with van der Waals surface area (Å²) in [6.07, 6.45) is 2.11. The van der Waals surface area contributed by atoms with Gasteiger partial charge in [-0.05, 0) is 38.0 Å². The van der Waals surface area contributed by atoms with Gasteiger partial charge >= 0.3 is 0 Å². The van der Waals surface area contributed by atoms with Crippen LogP contribution in [0.3, 0.4) is 0 Å². The average molecular weight is 223 g/mol. The first-order chi connectivity index (χ1) is 7.58. The maximum Gasteiger partial charge on any atom is 0.120 e. The van der Waals surface area contributed by atoms with Gasteiger partial charge in [0.15, 0.2) is 0 Å². The first kappa shape index (κ1) is 12.8. The van der Waals surface area contributed by atoms with Crippen molar-refractivity contribution in [1.29, 1.82) is 0 Å². The van der Waals surface area contributed by atoms with E-state index in [4.69, 9.17) is 0 Å². The Hall–Kier alpha value is -1.22. The number of rotatable bonds is 5. The Kier molecular flexibility index (Phi) is 4.62. The summed E-state index contributed by atoms with van der Waals surface area (Å²) in [5.74, 6) is 0.412. The van der Waals surface area contributed by atoms with E-state index >= 15 is 0 Å². The molecule has 0 bridgehead atoms. The number of phenols is 2. The van der Waals surface area contributed by atoms with E-state index < -0.39 is 0 Å². The molecule has 1 rings (SSSR count). The summed E-state index contributed by atoms with van der Waals surface area (Å²) in [6, 6.07) is 5.10. The van der Waals surface area contributed by atoms with Gasteiger partial charge < -0.3 is 15.5 Å². The predicted molar refractivity (Wildman–Crippen MR) is 65.7 cm³/mol. The molecule has 0 fully saturated rings. The molecule has 1 aromatic rings. The molecule has 1 atom stereocenters. The van der Waals surface area contributed by atoms with Gasteiger partial charge in [-0.25, -0.2) is 0 Å². The highest BCUT2D eigenvalue weighted by Gasteiger charge is 2.14. The summed E-state index contributed by atoms with van der Waals surface area (Å²) in [5.41, 5.74) is 0.743. The van der Waals surface area contributed by atoms with Crippen LogP contribution in [0.4, 0.5) is 0 Å². The van der Waals surface area contributed by atoms with E-state index in [-0.39, 0.29) is 17.5 Å². The lowest BCUT2D eigenvalue weighted by Crippen LogP contribution is -2.30. The number of phenolic OH excluding ortho intramolecular Hbond substituents is 2. The number of hydrogen-bond acceptors (Lipinski definition) is 3. The van der Waals surface area contributed by atoms with Crippen molar-refractivity contribution in [3.8, 4) is 11.5 Å². The third-order valence-electron chi connectivity index (χ3n) is 2.95. The van der Waals surface area contributed by atoms with E-state index in [1.807, 2.05) is 6.92 Å². The molecule has 90 valence electrons. The van der Waals surface area contributed by atoms with Gasteiger partial charge in [0, 0.05) is 17.6 Å². The Morgan fingerprint density at radius 2 is 1.81 bits per heavy atom. The second kappa shape index (κ2) is 5.75. The summed E-state index contributed by atoms with van der Waals surface area (Å²) in [5, 5.41) is 22.5. The van der Waals surface area contributed by atoms with Gasteiger partial charge in [0.25, 0.3) is 0 Å². The summed E-state index contributed by atoms with van der Waals surface area (Å²) >= 11 is 0. The molecule has 0 aromatic heterocycles. The molecule has 1 aromatic carbocycles. The first-order valence-electron chi connectivity index (χ1n) is 5.86. The normalized spacial score (nSPS) is 13.0. The SMILES string of the molecule is CCC(CC)NC(C)c1cc(O)ccc1O. The van der Waals surface area contributed by atoms with Crippen LogP contribution in [0.5, 0.6) is 11.5 Å². The fourth-order valence-electron chi connectivity index (χ4n) is 1.86. The highest BCUT2D eigenvalue weighted by atomic mass is 16.3. The molecule has 0 saturated carbocycles. The molecule has 0 aliphatic heterocycles. The van der Waals surface area contributed by atoms with E-state index in [1.165, 1.54) is 12.1 Å². The lowest BCUT2D eigenvalue weighted by molar-refractivity contribution is 0.406. The molecule has 1 unspecified atom stereocenters. The highest BCUT2D eigenvalue weighted by Crippen LogP contribution is 2.28. The highest BCUT2D eigenvalue weighted by molar-refractivity contribution is 5.40. The Labute approximate surface area is 97.1 Å². The maximum atomic E-state index is 9.71. The van der Waals surface area contributed by atoms with Crippen molar-refractivity contribution in [3.63, 3.8) is 0 Å². The molecule has 0 amide bonds. The van der Waals surface area contributed by atoms with Gasteiger partial charge in [0.05, 0.1) is 0 Å². The smallest absolute Gasteiger partial charge is 0.120 e. The minimum atomic E-state index is 0.0389. The quantitative estimate of drug-likeness (QED) is 0.673. The molecule has 3 nitrogen and oxygen atoms in total. The van der Waals surface area contributed by atoms with Gasteiger partial charge in [-0.2, -0.15) is 0 Å². The largest absolute Gasteiger partial charge is 0.508 e. The fourth-order valence-corrected chi connectivity index (χ4v) is 1.86. The predicted octanol–water partition coefficient (Wildman–Crippen LogP) is 2.94. The molecule has 3 N–H and O–H groups in total. The molecule has 3 heteroatoms. The number of nitrogens with one attached hydrogen (secondary N) is 1. The zero-order valence-corrected chi connectivity index (χ0v) is 10.2. The van der Waals surface area contributed by atoms with Gasteiger partial charge in [-0.1, -0.05) is 13.8 Å². The number of benzene rings is 1. The van der Waals surface area contributed by atoms with Crippen molar-refractivity contribution in [3.05, 3.63) is 23.8 Å². The Bertz CT molecular complexity index is 335. The summed E-state index contributed by atoms with van der Waals surface area (Å²) in [4.78, 5) is 0. The molecular weight excluding hydrogens is 202 g/mol. The standard InChI is InChI=1S/C13H21NO2/c1-4-10(5-2)14-9(3)12-8-11(15)6-7-13(12)16/h6-10,14-16H,4-5H2,1-3H3. The molecule has 16 heavy (non-hydrogen) atoms. The third kappa shape index (κ3) is 3.14. The Balaban J connectivity index is 2.79. The van der Waals surface area contributed by atoms with Crippen LogP contribution in [0.2, 0.25) is 0 Å². The first-order valence-corrected chi connectivity index (χ1v) is 5.86. The lowest BCUT2D eigenvalue weighted by Gasteiger charge is -2.22. The Morgan fingerprint density at radius 1 is 1.19 bits per heavy atom. The van der Waals surface area contributed by atoms with Crippen molar-refractivity contribution in [2.75, 3.05) is 0 Å². The van der Waals surface area contributed by atoms with Crippen molar-refractivity contribution in [2.45, 2.75) is 45.7 Å². The summed E-state index contributed by atoms with van der Waals surface area (Å²) < 4.78 is 0. The van der Waals surface area contributed by atoms with E-state index in [9.17, 15) is 10.2 Å². The summed E-state index contributed by atoms with van der Waals surface area (Å²) in [6.45, 7) is 6.26. The van der Waals surface area contributed by atoms with Gasteiger partial charge in [0.1, 0.15) is 11.5 Å². The van der Waals surface area contributed by atoms with Crippen molar-refractivity contribution < 1.29 is 10.2 Å². The average Bonchev–Trinajstić information content (AvgIpc) is 2.28. The molecule has 0 heterocycles.